The van der Waals surface area contributed by atoms with Crippen LogP contribution in [0.1, 0.15) is 37.0 Å². The van der Waals surface area contributed by atoms with E-state index in [2.05, 4.69) is 24.0 Å². The Hall–Kier alpha value is -1.32. The van der Waals surface area contributed by atoms with Crippen LogP contribution in [0.4, 0.5) is 0 Å². The van der Waals surface area contributed by atoms with Gasteiger partial charge in [0.1, 0.15) is 0 Å². The van der Waals surface area contributed by atoms with Crippen LogP contribution in [0.15, 0.2) is 12.4 Å². The molecule has 1 amide bonds. The number of nitrogens with one attached hydrogen (secondary N) is 1. The Kier molecular flexibility index (Phi) is 4.16. The smallest absolute Gasteiger partial charge is 0.257 e. The second-order valence-electron chi connectivity index (χ2n) is 3.28. The maximum atomic E-state index is 11.9. The molecule has 1 aromatic rings. The van der Waals surface area contributed by atoms with E-state index in [1.54, 1.807) is 12.4 Å². The molecule has 0 bridgehead atoms. The molecule has 0 spiro atoms. The van der Waals surface area contributed by atoms with Gasteiger partial charge in [-0.15, -0.1) is 0 Å². The summed E-state index contributed by atoms with van der Waals surface area (Å²) >= 11 is 0. The Labute approximate surface area is 84.3 Å². The fourth-order valence-electron chi connectivity index (χ4n) is 1.41. The van der Waals surface area contributed by atoms with E-state index in [0.717, 1.165) is 25.9 Å². The Bertz CT molecular complexity index is 263. The highest BCUT2D eigenvalue weighted by atomic mass is 16.2. The van der Waals surface area contributed by atoms with Crippen LogP contribution in [0.2, 0.25) is 0 Å². The molecule has 0 radical (unpaired) electrons. The van der Waals surface area contributed by atoms with E-state index in [0.29, 0.717) is 5.56 Å². The third-order valence-electron chi connectivity index (χ3n) is 2.02. The zero-order valence-corrected chi connectivity index (χ0v) is 8.79. The first-order valence-electron chi connectivity index (χ1n) is 5.07. The average Bonchev–Trinajstić information content (AvgIpc) is 2.69. The summed E-state index contributed by atoms with van der Waals surface area (Å²) in [5.74, 6) is 0.0717. The van der Waals surface area contributed by atoms with Crippen molar-refractivity contribution in [2.75, 3.05) is 13.1 Å². The van der Waals surface area contributed by atoms with Crippen LogP contribution >= 0.6 is 0 Å². The Morgan fingerprint density at radius 2 is 2.07 bits per heavy atom. The molecule has 78 valence electrons. The van der Waals surface area contributed by atoms with E-state index in [1.807, 2.05) is 4.90 Å². The normalized spacial score (nSPS) is 10.1. The van der Waals surface area contributed by atoms with E-state index in [9.17, 15) is 4.79 Å². The van der Waals surface area contributed by atoms with Crippen molar-refractivity contribution in [1.82, 2.24) is 15.1 Å². The summed E-state index contributed by atoms with van der Waals surface area (Å²) in [6, 6.07) is 0. The zero-order chi connectivity index (χ0) is 10.4. The number of carbonyl (C=O) groups is 1. The lowest BCUT2D eigenvalue weighted by Gasteiger charge is -2.20. The molecule has 0 aliphatic heterocycles. The van der Waals surface area contributed by atoms with E-state index >= 15 is 0 Å². The van der Waals surface area contributed by atoms with Crippen molar-refractivity contribution in [3.63, 3.8) is 0 Å². The van der Waals surface area contributed by atoms with Crippen LogP contribution in [0.25, 0.3) is 0 Å². The molecule has 14 heavy (non-hydrogen) atoms. The topological polar surface area (TPSA) is 49.0 Å². The Morgan fingerprint density at radius 3 is 2.50 bits per heavy atom. The number of aromatic nitrogens is 2. The van der Waals surface area contributed by atoms with Crippen LogP contribution in [0, 0.1) is 0 Å². The number of nitrogens with zero attached hydrogens (tertiary/aromatic N) is 2. The van der Waals surface area contributed by atoms with Crippen molar-refractivity contribution in [2.24, 2.45) is 0 Å². The molecule has 0 fully saturated rings. The van der Waals surface area contributed by atoms with Gasteiger partial charge in [0.15, 0.2) is 0 Å². The fraction of sp³-hybridized carbons (Fsp3) is 0.600. The number of carbonyl (C=O) groups excluding carboxylic acids is 1. The molecule has 0 saturated heterocycles. The minimum atomic E-state index is 0.0717. The Balaban J connectivity index is 2.63. The highest BCUT2D eigenvalue weighted by molar-refractivity contribution is 5.93. The molecule has 0 aromatic carbocycles. The van der Waals surface area contributed by atoms with Gasteiger partial charge >= 0.3 is 0 Å². The first-order chi connectivity index (χ1) is 6.79. The van der Waals surface area contributed by atoms with E-state index in [-0.39, 0.29) is 5.91 Å². The highest BCUT2D eigenvalue weighted by Gasteiger charge is 2.14. The Morgan fingerprint density at radius 1 is 1.43 bits per heavy atom. The molecular weight excluding hydrogens is 178 g/mol. The number of hydrogen-bond acceptors (Lipinski definition) is 2. The molecule has 1 rings (SSSR count). The molecule has 1 N–H and O–H groups in total. The summed E-state index contributed by atoms with van der Waals surface area (Å²) in [5.41, 5.74) is 0.645. The number of H-pyrrole nitrogens is 1. The number of amides is 1. The van der Waals surface area contributed by atoms with Gasteiger partial charge in [0.05, 0.1) is 11.8 Å². The molecule has 1 heterocycles. The largest absolute Gasteiger partial charge is 0.339 e. The van der Waals surface area contributed by atoms with Crippen LogP contribution in [-0.2, 0) is 0 Å². The maximum Gasteiger partial charge on any atom is 0.257 e. The molecule has 4 heteroatoms. The predicted octanol–water partition coefficient (Wildman–Crippen LogP) is 1.67. The standard InChI is InChI=1S/C10H17N3O/c1-3-5-13(6-4-2)10(14)9-7-11-12-8-9/h7-8H,3-6H2,1-2H3,(H,11,12). The summed E-state index contributed by atoms with van der Waals surface area (Å²) in [6.45, 7) is 5.78. The zero-order valence-electron chi connectivity index (χ0n) is 8.79. The second-order valence-corrected chi connectivity index (χ2v) is 3.28. The van der Waals surface area contributed by atoms with Crippen LogP contribution in [-0.4, -0.2) is 34.1 Å². The lowest BCUT2D eigenvalue weighted by molar-refractivity contribution is 0.0755. The van der Waals surface area contributed by atoms with Gasteiger partial charge in [-0.1, -0.05) is 13.8 Å². The lowest BCUT2D eigenvalue weighted by Crippen LogP contribution is -2.32. The maximum absolute atomic E-state index is 11.9. The highest BCUT2D eigenvalue weighted by Crippen LogP contribution is 2.03. The van der Waals surface area contributed by atoms with E-state index < -0.39 is 0 Å². The van der Waals surface area contributed by atoms with E-state index in [4.69, 9.17) is 0 Å². The molecular formula is C10H17N3O. The molecule has 0 aliphatic rings. The van der Waals surface area contributed by atoms with Gasteiger partial charge < -0.3 is 4.90 Å². The van der Waals surface area contributed by atoms with Crippen molar-refractivity contribution in [2.45, 2.75) is 26.7 Å². The quantitative estimate of drug-likeness (QED) is 0.777. The molecule has 0 unspecified atom stereocenters. The monoisotopic (exact) mass is 195 g/mol. The summed E-state index contributed by atoms with van der Waals surface area (Å²) in [7, 11) is 0. The van der Waals surface area contributed by atoms with Crippen LogP contribution < -0.4 is 0 Å². The molecule has 0 atom stereocenters. The van der Waals surface area contributed by atoms with Gasteiger partial charge in [0, 0.05) is 19.3 Å². The van der Waals surface area contributed by atoms with Gasteiger partial charge in [0.2, 0.25) is 0 Å². The van der Waals surface area contributed by atoms with Crippen LogP contribution in [0.3, 0.4) is 0 Å². The first-order valence-corrected chi connectivity index (χ1v) is 5.07. The van der Waals surface area contributed by atoms with Gasteiger partial charge in [-0.25, -0.2) is 0 Å². The predicted molar refractivity (Wildman–Crippen MR) is 55.1 cm³/mol. The SMILES string of the molecule is CCCN(CCC)C(=O)c1cn[nH]c1. The summed E-state index contributed by atoms with van der Waals surface area (Å²) < 4.78 is 0. The van der Waals surface area contributed by atoms with E-state index in [1.165, 1.54) is 0 Å². The second kappa shape index (κ2) is 5.42. The third-order valence-corrected chi connectivity index (χ3v) is 2.02. The average molecular weight is 195 g/mol. The van der Waals surface area contributed by atoms with Gasteiger partial charge in [0.25, 0.3) is 5.91 Å². The van der Waals surface area contributed by atoms with Gasteiger partial charge in [-0.3, -0.25) is 9.89 Å². The van der Waals surface area contributed by atoms with Gasteiger partial charge in [-0.05, 0) is 12.8 Å². The summed E-state index contributed by atoms with van der Waals surface area (Å²) in [5, 5.41) is 6.43. The van der Waals surface area contributed by atoms with Crippen molar-refractivity contribution < 1.29 is 4.79 Å². The molecule has 4 nitrogen and oxygen atoms in total. The number of rotatable bonds is 5. The number of aromatic amines is 1. The van der Waals surface area contributed by atoms with Crippen molar-refractivity contribution in [3.05, 3.63) is 18.0 Å². The summed E-state index contributed by atoms with van der Waals surface area (Å²) in [4.78, 5) is 13.7. The molecule has 1 aromatic heterocycles. The minimum Gasteiger partial charge on any atom is -0.339 e. The fourth-order valence-corrected chi connectivity index (χ4v) is 1.41. The van der Waals surface area contributed by atoms with Crippen LogP contribution in [0.5, 0.6) is 0 Å². The third kappa shape index (κ3) is 2.58. The summed E-state index contributed by atoms with van der Waals surface area (Å²) in [6.07, 6.45) is 5.19. The van der Waals surface area contributed by atoms with Gasteiger partial charge in [-0.2, -0.15) is 5.10 Å². The lowest BCUT2D eigenvalue weighted by atomic mass is 10.2. The first kappa shape index (κ1) is 10.8. The number of hydrogen-bond donors (Lipinski definition) is 1. The van der Waals surface area contributed by atoms with Crippen molar-refractivity contribution >= 4 is 5.91 Å². The molecule has 0 aliphatic carbocycles. The van der Waals surface area contributed by atoms with Crippen molar-refractivity contribution in [3.8, 4) is 0 Å². The minimum absolute atomic E-state index is 0.0717. The van der Waals surface area contributed by atoms with Crippen molar-refractivity contribution in [1.29, 1.82) is 0 Å². The molecule has 0 saturated carbocycles.